The number of aliphatic hydroxyl groups is 1. The van der Waals surface area contributed by atoms with Crippen LogP contribution in [0.2, 0.25) is 0 Å². The number of carbonyl (C=O) groups is 2. The summed E-state index contributed by atoms with van der Waals surface area (Å²) in [5.41, 5.74) is 0. The molecule has 0 rings (SSSR count). The van der Waals surface area contributed by atoms with Gasteiger partial charge in [-0.15, -0.1) is 0 Å². The largest absolute Gasteiger partial charge is 0.463 e. The number of unbranched alkanes of at least 4 members (excludes halogenated alkanes) is 24. The van der Waals surface area contributed by atoms with Crippen LogP contribution in [0.4, 0.5) is 0 Å². The van der Waals surface area contributed by atoms with Crippen molar-refractivity contribution >= 4 is 11.9 Å². The van der Waals surface area contributed by atoms with E-state index in [2.05, 4.69) is 23.3 Å². The molecule has 238 valence electrons. The topological polar surface area (TPSA) is 72.8 Å². The Kier molecular flexibility index (Phi) is 24.6. The molecule has 0 amide bonds. The minimum absolute atomic E-state index is 0.102. The van der Waals surface area contributed by atoms with Gasteiger partial charge in [-0.3, -0.25) is 9.59 Å². The van der Waals surface area contributed by atoms with E-state index < -0.39 is 31.1 Å². The van der Waals surface area contributed by atoms with Gasteiger partial charge in [0.25, 0.3) is 0 Å². The molecule has 0 bridgehead atoms. The van der Waals surface area contributed by atoms with E-state index >= 15 is 0 Å². The Morgan fingerprint density at radius 2 is 0.725 bits per heavy atom. The molecule has 0 aliphatic rings. The molecule has 0 spiro atoms. The molecule has 0 aromatic carbocycles. The van der Waals surface area contributed by atoms with E-state index in [1.807, 2.05) is 0 Å². The van der Waals surface area contributed by atoms with E-state index in [-0.39, 0.29) is 12.8 Å². The third kappa shape index (κ3) is 31.4. The average Bonchev–Trinajstić information content (AvgIpc) is 2.97. The molecular weight excluding hydrogens is 500 g/mol. The molecule has 0 radical (unpaired) electrons. The first-order valence-corrected chi connectivity index (χ1v) is 17.1. The van der Waals surface area contributed by atoms with Crippen LogP contribution < -0.4 is 0 Å². The Labute approximate surface area is 256 Å². The van der Waals surface area contributed by atoms with Crippen LogP contribution in [-0.4, -0.2) is 36.2 Å². The molecule has 1 N–H and O–H groups in total. The van der Waals surface area contributed by atoms with E-state index in [9.17, 15) is 14.7 Å². The molecule has 0 atom stereocenters. The highest BCUT2D eigenvalue weighted by molar-refractivity contribution is 5.69. The van der Waals surface area contributed by atoms with Gasteiger partial charge in [0.1, 0.15) is 19.2 Å². The zero-order valence-electron chi connectivity index (χ0n) is 31.4. The van der Waals surface area contributed by atoms with Crippen molar-refractivity contribution in [2.75, 3.05) is 13.1 Å². The lowest BCUT2D eigenvalue weighted by Crippen LogP contribution is -2.25. The standard InChI is InChI=1S/C35H68O5/c1-3-5-7-9-11-13-15-17-19-21-23-25-27-29-34(37)39-31-33(36)32-40-35(38)30-28-26-24-22-20-18-16-14-12-10-8-6-4-2/h33,36H,3-32H2,1-2H3/i31D2,32D2,33D. The molecule has 5 nitrogen and oxygen atoms in total. The van der Waals surface area contributed by atoms with Crippen molar-refractivity contribution < 1.29 is 31.0 Å². The summed E-state index contributed by atoms with van der Waals surface area (Å²) in [5.74, 6) is -1.94. The molecule has 5 heteroatoms. The van der Waals surface area contributed by atoms with Crippen LogP contribution in [0.1, 0.15) is 200 Å². The summed E-state index contributed by atoms with van der Waals surface area (Å²) in [4.78, 5) is 24.4. The van der Waals surface area contributed by atoms with Crippen molar-refractivity contribution in [3.8, 4) is 0 Å². The highest BCUT2D eigenvalue weighted by Gasteiger charge is 2.12. The predicted octanol–water partition coefficient (Wildman–Crippen LogP) is 10.4. The second kappa shape index (κ2) is 32.4. The first kappa shape index (κ1) is 30.4. The van der Waals surface area contributed by atoms with Gasteiger partial charge in [-0.2, -0.15) is 0 Å². The van der Waals surface area contributed by atoms with Crippen molar-refractivity contribution in [3.63, 3.8) is 0 Å². The van der Waals surface area contributed by atoms with E-state index in [4.69, 9.17) is 6.85 Å². The summed E-state index contributed by atoms with van der Waals surface area (Å²) in [5, 5.41) is 10.4. The van der Waals surface area contributed by atoms with Crippen molar-refractivity contribution in [3.05, 3.63) is 0 Å². The summed E-state index contributed by atoms with van der Waals surface area (Å²) < 4.78 is 48.9. The SMILES string of the molecule is [2H]C([2H])(OC(=O)CCCCCCCCCCCCCCC)C([2H])(O)C([2H])([2H])OC(=O)CCCCCCCCCCCCCCC. The molecule has 40 heavy (non-hydrogen) atoms. The number of ether oxygens (including phenoxy) is 2. The average molecular weight is 574 g/mol. The van der Waals surface area contributed by atoms with E-state index in [0.29, 0.717) is 12.8 Å². The first-order chi connectivity index (χ1) is 21.4. The van der Waals surface area contributed by atoms with Gasteiger partial charge in [0, 0.05) is 12.8 Å². The van der Waals surface area contributed by atoms with Crippen LogP contribution >= 0.6 is 0 Å². The Balaban J connectivity index is 4.10. The fourth-order valence-corrected chi connectivity index (χ4v) is 4.91. The first-order valence-electron chi connectivity index (χ1n) is 19.6. The number of carbonyl (C=O) groups excluding carboxylic acids is 2. The molecule has 0 fully saturated rings. The number of rotatable bonds is 32. The van der Waals surface area contributed by atoms with Crippen molar-refractivity contribution in [1.29, 1.82) is 0 Å². The maximum absolute atomic E-state index is 12.2. The smallest absolute Gasteiger partial charge is 0.305 e. The predicted molar refractivity (Wildman–Crippen MR) is 169 cm³/mol. The number of hydrogen-bond acceptors (Lipinski definition) is 5. The van der Waals surface area contributed by atoms with Gasteiger partial charge in [0.15, 0.2) is 0 Å². The highest BCUT2D eigenvalue weighted by Crippen LogP contribution is 2.14. The molecule has 0 aliphatic carbocycles. The van der Waals surface area contributed by atoms with Crippen LogP contribution in [0.15, 0.2) is 0 Å². The van der Waals surface area contributed by atoms with Gasteiger partial charge in [-0.25, -0.2) is 0 Å². The van der Waals surface area contributed by atoms with Gasteiger partial charge >= 0.3 is 11.9 Å². The van der Waals surface area contributed by atoms with Crippen LogP contribution in [0.25, 0.3) is 0 Å². The number of hydrogen-bond donors (Lipinski definition) is 1. The van der Waals surface area contributed by atoms with Gasteiger partial charge in [-0.05, 0) is 12.8 Å². The normalized spacial score (nSPS) is 14.1. The maximum Gasteiger partial charge on any atom is 0.305 e. The lowest BCUT2D eigenvalue weighted by Gasteiger charge is -2.12. The second-order valence-corrected chi connectivity index (χ2v) is 11.5. The fourth-order valence-electron chi connectivity index (χ4n) is 4.91. The minimum atomic E-state index is -3.64. The fraction of sp³-hybridized carbons (Fsp3) is 0.943. The molecular formula is C35H68O5. The molecule has 0 aromatic heterocycles. The van der Waals surface area contributed by atoms with E-state index in [1.165, 1.54) is 103 Å². The summed E-state index contributed by atoms with van der Waals surface area (Å²) >= 11 is 0. The van der Waals surface area contributed by atoms with Gasteiger partial charge in [0.2, 0.25) is 0 Å². The Morgan fingerprint density at radius 1 is 0.500 bits per heavy atom. The Morgan fingerprint density at radius 3 is 0.975 bits per heavy atom. The quantitative estimate of drug-likeness (QED) is 0.0640. The Bertz CT molecular complexity index is 675. The van der Waals surface area contributed by atoms with Gasteiger partial charge in [-0.1, -0.05) is 168 Å². The van der Waals surface area contributed by atoms with E-state index in [1.54, 1.807) is 0 Å². The molecule has 0 saturated carbocycles. The molecule has 0 unspecified atom stereocenters. The second-order valence-electron chi connectivity index (χ2n) is 11.5. The van der Waals surface area contributed by atoms with Crippen LogP contribution in [-0.2, 0) is 19.1 Å². The van der Waals surface area contributed by atoms with Gasteiger partial charge in [0.05, 0.1) is 6.85 Å². The highest BCUT2D eigenvalue weighted by atomic mass is 16.6. The molecule has 0 aliphatic heterocycles. The summed E-state index contributed by atoms with van der Waals surface area (Å²) in [6, 6.07) is 0. The van der Waals surface area contributed by atoms with Crippen LogP contribution in [0, 0.1) is 0 Å². The Hall–Kier alpha value is -1.10. The molecule has 0 heterocycles. The van der Waals surface area contributed by atoms with E-state index in [0.717, 1.165) is 51.4 Å². The third-order valence-corrected chi connectivity index (χ3v) is 7.49. The lowest BCUT2D eigenvalue weighted by molar-refractivity contribution is -0.152. The third-order valence-electron chi connectivity index (χ3n) is 7.49. The minimum Gasteiger partial charge on any atom is -0.463 e. The maximum atomic E-state index is 12.2. The zero-order valence-corrected chi connectivity index (χ0v) is 26.4. The summed E-state index contributed by atoms with van der Waals surface area (Å²) in [6.45, 7) is -2.39. The van der Waals surface area contributed by atoms with Crippen molar-refractivity contribution in [1.82, 2.24) is 0 Å². The van der Waals surface area contributed by atoms with Crippen LogP contribution in [0.5, 0.6) is 0 Å². The molecule has 0 aromatic rings. The summed E-state index contributed by atoms with van der Waals surface area (Å²) in [6.07, 6.45) is 25.7. The number of esters is 2. The van der Waals surface area contributed by atoms with Gasteiger partial charge < -0.3 is 14.6 Å². The molecule has 0 saturated heterocycles. The monoisotopic (exact) mass is 574 g/mol. The van der Waals surface area contributed by atoms with Crippen molar-refractivity contribution in [2.45, 2.75) is 200 Å². The van der Waals surface area contributed by atoms with Crippen molar-refractivity contribution in [2.24, 2.45) is 0 Å². The lowest BCUT2D eigenvalue weighted by atomic mass is 10.0. The van der Waals surface area contributed by atoms with Crippen LogP contribution in [0.3, 0.4) is 0 Å². The zero-order chi connectivity index (χ0) is 33.9. The summed E-state index contributed by atoms with van der Waals surface area (Å²) in [7, 11) is 0.